The van der Waals surface area contributed by atoms with Crippen molar-refractivity contribution in [1.82, 2.24) is 15.2 Å². The van der Waals surface area contributed by atoms with Gasteiger partial charge in [-0.15, -0.1) is 0 Å². The van der Waals surface area contributed by atoms with Crippen LogP contribution in [0.2, 0.25) is 5.02 Å². The Labute approximate surface area is 147 Å². The number of rotatable bonds is 5. The number of nitrogens with zero attached hydrogens (tertiary/aromatic N) is 3. The standard InChI is InChI=1S/C16H14ClN5O3/c1-25-13-7-4-10(8-12(13)22(23)24)15-19-16(21-20-15)14(18)9-2-5-11(17)6-3-9/h2-8,14H,18H2,1H3,(H,19,20,21)/t14-/m1/s1. The van der Waals surface area contributed by atoms with Gasteiger partial charge in [-0.3, -0.25) is 15.2 Å². The average molecular weight is 360 g/mol. The molecule has 0 radical (unpaired) electrons. The topological polar surface area (TPSA) is 120 Å². The van der Waals surface area contributed by atoms with Gasteiger partial charge in [0.05, 0.1) is 18.1 Å². The lowest BCUT2D eigenvalue weighted by Gasteiger charge is -2.08. The van der Waals surface area contributed by atoms with E-state index in [-0.39, 0.29) is 11.4 Å². The van der Waals surface area contributed by atoms with Crippen molar-refractivity contribution >= 4 is 17.3 Å². The van der Waals surface area contributed by atoms with Gasteiger partial charge in [-0.2, -0.15) is 5.10 Å². The molecule has 0 bridgehead atoms. The molecule has 1 atom stereocenters. The molecule has 0 aliphatic rings. The summed E-state index contributed by atoms with van der Waals surface area (Å²) in [4.78, 5) is 15.0. The molecule has 2 aromatic carbocycles. The van der Waals surface area contributed by atoms with Crippen molar-refractivity contribution in [3.63, 3.8) is 0 Å². The molecular weight excluding hydrogens is 346 g/mol. The van der Waals surface area contributed by atoms with Crippen LogP contribution in [0.5, 0.6) is 5.75 Å². The third-order valence-corrected chi connectivity index (χ3v) is 3.91. The number of methoxy groups -OCH3 is 1. The molecule has 0 saturated carbocycles. The number of aromatic nitrogens is 3. The van der Waals surface area contributed by atoms with E-state index in [1.807, 2.05) is 0 Å². The Balaban J connectivity index is 1.92. The first kappa shape index (κ1) is 16.9. The quantitative estimate of drug-likeness (QED) is 0.533. The molecule has 9 heteroatoms. The van der Waals surface area contributed by atoms with E-state index in [1.165, 1.54) is 19.2 Å². The molecule has 0 saturated heterocycles. The summed E-state index contributed by atoms with van der Waals surface area (Å²) < 4.78 is 4.99. The van der Waals surface area contributed by atoms with E-state index in [2.05, 4.69) is 15.2 Å². The third kappa shape index (κ3) is 3.44. The van der Waals surface area contributed by atoms with Crippen molar-refractivity contribution in [1.29, 1.82) is 0 Å². The van der Waals surface area contributed by atoms with Crippen molar-refractivity contribution < 1.29 is 9.66 Å². The van der Waals surface area contributed by atoms with Crippen LogP contribution in [-0.2, 0) is 0 Å². The van der Waals surface area contributed by atoms with Crippen LogP contribution in [0, 0.1) is 10.1 Å². The molecule has 0 aliphatic heterocycles. The fraction of sp³-hybridized carbons (Fsp3) is 0.125. The van der Waals surface area contributed by atoms with Gasteiger partial charge < -0.3 is 10.5 Å². The predicted molar refractivity (Wildman–Crippen MR) is 92.5 cm³/mol. The minimum atomic E-state index is -0.522. The van der Waals surface area contributed by atoms with E-state index >= 15 is 0 Å². The van der Waals surface area contributed by atoms with E-state index in [9.17, 15) is 10.1 Å². The molecule has 3 rings (SSSR count). The molecule has 25 heavy (non-hydrogen) atoms. The lowest BCUT2D eigenvalue weighted by atomic mass is 10.1. The fourth-order valence-corrected chi connectivity index (χ4v) is 2.47. The second kappa shape index (κ2) is 6.88. The smallest absolute Gasteiger partial charge is 0.311 e. The second-order valence-corrected chi connectivity index (χ2v) is 5.65. The zero-order valence-electron chi connectivity index (χ0n) is 13.1. The Kier molecular flexibility index (Phi) is 4.64. The molecule has 8 nitrogen and oxygen atoms in total. The number of ether oxygens (including phenoxy) is 1. The van der Waals surface area contributed by atoms with Crippen molar-refractivity contribution in [2.24, 2.45) is 5.73 Å². The highest BCUT2D eigenvalue weighted by atomic mass is 35.5. The first-order chi connectivity index (χ1) is 12.0. The average Bonchev–Trinajstić information content (AvgIpc) is 3.11. The van der Waals surface area contributed by atoms with Crippen LogP contribution in [0.25, 0.3) is 11.4 Å². The molecule has 0 fully saturated rings. The maximum absolute atomic E-state index is 11.1. The van der Waals surface area contributed by atoms with E-state index in [4.69, 9.17) is 22.1 Å². The number of benzene rings is 2. The summed E-state index contributed by atoms with van der Waals surface area (Å²) in [7, 11) is 1.37. The van der Waals surface area contributed by atoms with E-state index < -0.39 is 11.0 Å². The third-order valence-electron chi connectivity index (χ3n) is 3.66. The normalized spacial score (nSPS) is 12.0. The summed E-state index contributed by atoms with van der Waals surface area (Å²) in [6, 6.07) is 11.1. The highest BCUT2D eigenvalue weighted by Gasteiger charge is 2.19. The fourth-order valence-electron chi connectivity index (χ4n) is 2.34. The van der Waals surface area contributed by atoms with Crippen molar-refractivity contribution in [2.45, 2.75) is 6.04 Å². The molecule has 3 aromatic rings. The molecule has 0 amide bonds. The highest BCUT2D eigenvalue weighted by Crippen LogP contribution is 2.31. The van der Waals surface area contributed by atoms with E-state index in [1.54, 1.807) is 30.3 Å². The Morgan fingerprint density at radius 3 is 2.64 bits per heavy atom. The van der Waals surface area contributed by atoms with Gasteiger partial charge in [0.1, 0.15) is 5.82 Å². The molecule has 1 heterocycles. The maximum Gasteiger partial charge on any atom is 0.311 e. The van der Waals surface area contributed by atoms with Gasteiger partial charge in [-0.25, -0.2) is 4.98 Å². The molecule has 3 N–H and O–H groups in total. The summed E-state index contributed by atoms with van der Waals surface area (Å²) in [5.41, 5.74) is 7.31. The number of aromatic amines is 1. The maximum atomic E-state index is 11.1. The minimum absolute atomic E-state index is 0.159. The first-order valence-corrected chi connectivity index (χ1v) is 7.63. The van der Waals surface area contributed by atoms with Gasteiger partial charge >= 0.3 is 5.69 Å². The van der Waals surface area contributed by atoms with Crippen LogP contribution < -0.4 is 10.5 Å². The first-order valence-electron chi connectivity index (χ1n) is 7.25. The lowest BCUT2D eigenvalue weighted by molar-refractivity contribution is -0.385. The van der Waals surface area contributed by atoms with E-state index in [0.717, 1.165) is 5.56 Å². The monoisotopic (exact) mass is 359 g/mol. The van der Waals surface area contributed by atoms with Gasteiger partial charge in [0, 0.05) is 16.7 Å². The number of nitro benzene ring substituents is 1. The zero-order valence-corrected chi connectivity index (χ0v) is 13.9. The number of H-pyrrole nitrogens is 1. The summed E-state index contributed by atoms with van der Waals surface area (Å²) in [6.45, 7) is 0. The number of hydrogen-bond donors (Lipinski definition) is 2. The minimum Gasteiger partial charge on any atom is -0.490 e. The second-order valence-electron chi connectivity index (χ2n) is 5.22. The Bertz CT molecular complexity index is 910. The number of nitrogens with two attached hydrogens (primary N) is 1. The van der Waals surface area contributed by atoms with Crippen LogP contribution in [0.1, 0.15) is 17.4 Å². The summed E-state index contributed by atoms with van der Waals surface area (Å²) in [6.07, 6.45) is 0. The van der Waals surface area contributed by atoms with Crippen molar-refractivity contribution in [3.05, 3.63) is 69.0 Å². The summed E-state index contributed by atoms with van der Waals surface area (Å²) >= 11 is 5.87. The highest BCUT2D eigenvalue weighted by molar-refractivity contribution is 6.30. The van der Waals surface area contributed by atoms with Crippen molar-refractivity contribution in [3.8, 4) is 17.1 Å². The Morgan fingerprint density at radius 2 is 2.00 bits per heavy atom. The van der Waals surface area contributed by atoms with Crippen LogP contribution >= 0.6 is 11.6 Å². The van der Waals surface area contributed by atoms with Crippen LogP contribution in [-0.4, -0.2) is 27.2 Å². The Morgan fingerprint density at radius 1 is 1.28 bits per heavy atom. The van der Waals surface area contributed by atoms with E-state index in [0.29, 0.717) is 22.2 Å². The molecule has 0 aliphatic carbocycles. The number of hydrogen-bond acceptors (Lipinski definition) is 6. The summed E-state index contributed by atoms with van der Waals surface area (Å²) in [5, 5.41) is 18.6. The molecular formula is C16H14ClN5O3. The Hall–Kier alpha value is -2.97. The van der Waals surface area contributed by atoms with Crippen LogP contribution in [0.4, 0.5) is 5.69 Å². The number of nitrogens with one attached hydrogen (secondary N) is 1. The van der Waals surface area contributed by atoms with Gasteiger partial charge in [0.25, 0.3) is 0 Å². The lowest BCUT2D eigenvalue weighted by Crippen LogP contribution is -2.13. The van der Waals surface area contributed by atoms with Crippen molar-refractivity contribution in [2.75, 3.05) is 7.11 Å². The van der Waals surface area contributed by atoms with Crippen LogP contribution in [0.15, 0.2) is 42.5 Å². The zero-order chi connectivity index (χ0) is 18.0. The molecule has 1 aromatic heterocycles. The number of halogens is 1. The van der Waals surface area contributed by atoms with Gasteiger partial charge in [0.15, 0.2) is 11.6 Å². The van der Waals surface area contributed by atoms with Gasteiger partial charge in [-0.05, 0) is 29.8 Å². The molecule has 0 unspecified atom stereocenters. The van der Waals surface area contributed by atoms with Gasteiger partial charge in [0.2, 0.25) is 0 Å². The SMILES string of the molecule is COc1ccc(-c2n[nH]c([C@H](N)c3ccc(Cl)cc3)n2)cc1[N+](=O)[O-]. The predicted octanol–water partition coefficient (Wildman–Crippen LogP) is 3.09. The largest absolute Gasteiger partial charge is 0.490 e. The summed E-state index contributed by atoms with van der Waals surface area (Å²) in [5.74, 6) is 0.920. The van der Waals surface area contributed by atoms with Crippen LogP contribution in [0.3, 0.4) is 0 Å². The molecule has 0 spiro atoms. The van der Waals surface area contributed by atoms with Gasteiger partial charge in [-0.1, -0.05) is 23.7 Å². The number of nitro groups is 1. The molecule has 128 valence electrons.